The van der Waals surface area contributed by atoms with Gasteiger partial charge < -0.3 is 9.80 Å². The van der Waals surface area contributed by atoms with Crippen molar-refractivity contribution in [2.75, 3.05) is 36.0 Å². The van der Waals surface area contributed by atoms with E-state index >= 15 is 0 Å². The van der Waals surface area contributed by atoms with Crippen molar-refractivity contribution in [2.45, 2.75) is 18.8 Å². The summed E-state index contributed by atoms with van der Waals surface area (Å²) in [7, 11) is 0. The van der Waals surface area contributed by atoms with Crippen LogP contribution in [-0.4, -0.2) is 36.4 Å². The highest BCUT2D eigenvalue weighted by molar-refractivity contribution is 7.15. The van der Waals surface area contributed by atoms with Crippen molar-refractivity contribution >= 4 is 22.2 Å². The summed E-state index contributed by atoms with van der Waals surface area (Å²) < 4.78 is 13.8. The Kier molecular flexibility index (Phi) is 3.25. The van der Waals surface area contributed by atoms with Crippen molar-refractivity contribution in [1.82, 2.24) is 10.2 Å². The van der Waals surface area contributed by atoms with Crippen LogP contribution in [0.3, 0.4) is 0 Å². The minimum Gasteiger partial charge on any atom is -0.366 e. The van der Waals surface area contributed by atoms with Crippen molar-refractivity contribution in [1.29, 1.82) is 0 Å². The minimum atomic E-state index is -0.141. The van der Waals surface area contributed by atoms with E-state index in [1.54, 1.807) is 17.4 Å². The predicted molar refractivity (Wildman–Crippen MR) is 82.7 cm³/mol. The minimum absolute atomic E-state index is 0.141. The third-order valence-corrected chi connectivity index (χ3v) is 5.25. The van der Waals surface area contributed by atoms with E-state index in [1.807, 2.05) is 12.1 Å². The first-order valence-corrected chi connectivity index (χ1v) is 8.21. The summed E-state index contributed by atoms with van der Waals surface area (Å²) in [4.78, 5) is 4.37. The highest BCUT2D eigenvalue weighted by Gasteiger charge is 2.29. The molecule has 0 radical (unpaired) electrons. The highest BCUT2D eigenvalue weighted by atomic mass is 32.1. The normalized spacial score (nSPS) is 19.1. The van der Waals surface area contributed by atoms with Crippen molar-refractivity contribution < 1.29 is 4.39 Å². The van der Waals surface area contributed by atoms with Gasteiger partial charge in [0.25, 0.3) is 0 Å². The zero-order valence-electron chi connectivity index (χ0n) is 11.7. The first-order valence-electron chi connectivity index (χ1n) is 7.39. The maximum absolute atomic E-state index is 13.8. The average Bonchev–Trinajstić information content (AvgIpc) is 3.26. The Balaban J connectivity index is 1.43. The lowest BCUT2D eigenvalue weighted by atomic mass is 10.2. The van der Waals surface area contributed by atoms with Gasteiger partial charge in [0.1, 0.15) is 10.8 Å². The topological polar surface area (TPSA) is 32.3 Å². The molecule has 2 heterocycles. The lowest BCUT2D eigenvalue weighted by Gasteiger charge is -2.35. The first kappa shape index (κ1) is 13.0. The van der Waals surface area contributed by atoms with E-state index < -0.39 is 0 Å². The van der Waals surface area contributed by atoms with Crippen molar-refractivity contribution in [3.63, 3.8) is 0 Å². The number of benzene rings is 1. The van der Waals surface area contributed by atoms with Crippen LogP contribution in [0.4, 0.5) is 15.2 Å². The van der Waals surface area contributed by atoms with Gasteiger partial charge in [0.05, 0.1) is 5.69 Å². The molecule has 1 aliphatic carbocycles. The van der Waals surface area contributed by atoms with Crippen LogP contribution in [0.5, 0.6) is 0 Å². The Labute approximate surface area is 127 Å². The molecular weight excluding hydrogens is 287 g/mol. The second-order valence-electron chi connectivity index (χ2n) is 5.62. The maximum atomic E-state index is 13.8. The highest BCUT2D eigenvalue weighted by Crippen LogP contribution is 2.42. The first-order chi connectivity index (χ1) is 10.3. The summed E-state index contributed by atoms with van der Waals surface area (Å²) in [6, 6.07) is 6.99. The molecule has 1 aliphatic heterocycles. The number of aromatic nitrogens is 2. The molecule has 0 N–H and O–H groups in total. The molecule has 4 nitrogen and oxygen atoms in total. The number of anilines is 2. The molecule has 1 aromatic carbocycles. The van der Waals surface area contributed by atoms with Gasteiger partial charge in [-0.1, -0.05) is 23.5 Å². The largest absolute Gasteiger partial charge is 0.366 e. The average molecular weight is 304 g/mol. The van der Waals surface area contributed by atoms with Gasteiger partial charge >= 0.3 is 0 Å². The third kappa shape index (κ3) is 2.60. The summed E-state index contributed by atoms with van der Waals surface area (Å²) in [6.45, 7) is 3.37. The molecule has 1 saturated carbocycles. The molecule has 0 amide bonds. The Morgan fingerprint density at radius 2 is 1.71 bits per heavy atom. The second-order valence-corrected chi connectivity index (χ2v) is 6.61. The molecule has 110 valence electrons. The Bertz CT molecular complexity index is 632. The number of hydrogen-bond donors (Lipinski definition) is 0. The van der Waals surface area contributed by atoms with Gasteiger partial charge in [0.2, 0.25) is 5.13 Å². The van der Waals surface area contributed by atoms with Crippen LogP contribution in [0.1, 0.15) is 23.8 Å². The SMILES string of the molecule is Fc1ccccc1N1CCN(c2nnc(C3CC3)s2)CC1. The summed E-state index contributed by atoms with van der Waals surface area (Å²) in [5.74, 6) is 0.522. The lowest BCUT2D eigenvalue weighted by Crippen LogP contribution is -2.46. The van der Waals surface area contributed by atoms with Gasteiger partial charge in [-0.15, -0.1) is 10.2 Å². The standard InChI is InChI=1S/C15H17FN4S/c16-12-3-1-2-4-13(12)19-7-9-20(10-8-19)15-18-17-14(21-15)11-5-6-11/h1-4,11H,5-10H2. The molecule has 1 aromatic heterocycles. The van der Waals surface area contributed by atoms with Crippen LogP contribution in [0.15, 0.2) is 24.3 Å². The van der Waals surface area contributed by atoms with E-state index in [-0.39, 0.29) is 5.82 Å². The van der Waals surface area contributed by atoms with Crippen LogP contribution in [0, 0.1) is 5.82 Å². The van der Waals surface area contributed by atoms with E-state index in [0.717, 1.165) is 31.3 Å². The fourth-order valence-corrected chi connectivity index (χ4v) is 3.76. The number of rotatable bonds is 3. The third-order valence-electron chi connectivity index (χ3n) is 4.10. The maximum Gasteiger partial charge on any atom is 0.208 e. The fraction of sp³-hybridized carbons (Fsp3) is 0.467. The van der Waals surface area contributed by atoms with Gasteiger partial charge in [-0.3, -0.25) is 0 Å². The number of halogens is 1. The summed E-state index contributed by atoms with van der Waals surface area (Å²) >= 11 is 1.72. The number of piperazine rings is 1. The molecular formula is C15H17FN4S. The van der Waals surface area contributed by atoms with Gasteiger partial charge in [-0.05, 0) is 25.0 Å². The fourth-order valence-electron chi connectivity index (χ4n) is 2.70. The van der Waals surface area contributed by atoms with Crippen LogP contribution in [0.25, 0.3) is 0 Å². The van der Waals surface area contributed by atoms with Crippen molar-refractivity contribution in [3.8, 4) is 0 Å². The molecule has 4 rings (SSSR count). The smallest absolute Gasteiger partial charge is 0.208 e. The van der Waals surface area contributed by atoms with Gasteiger partial charge in [-0.2, -0.15) is 0 Å². The van der Waals surface area contributed by atoms with E-state index in [1.165, 1.54) is 23.9 Å². The van der Waals surface area contributed by atoms with Crippen molar-refractivity contribution in [3.05, 3.63) is 35.1 Å². The Morgan fingerprint density at radius 3 is 2.43 bits per heavy atom. The van der Waals surface area contributed by atoms with Crippen molar-refractivity contribution in [2.24, 2.45) is 0 Å². The van der Waals surface area contributed by atoms with Gasteiger partial charge in [-0.25, -0.2) is 4.39 Å². The quantitative estimate of drug-likeness (QED) is 0.873. The molecule has 6 heteroatoms. The lowest BCUT2D eigenvalue weighted by molar-refractivity contribution is 0.597. The number of para-hydroxylation sites is 1. The molecule has 2 aromatic rings. The molecule has 2 aliphatic rings. The summed E-state index contributed by atoms with van der Waals surface area (Å²) in [6.07, 6.45) is 2.52. The summed E-state index contributed by atoms with van der Waals surface area (Å²) in [5.41, 5.74) is 0.702. The van der Waals surface area contributed by atoms with E-state index in [0.29, 0.717) is 11.6 Å². The number of hydrogen-bond acceptors (Lipinski definition) is 5. The molecule has 0 unspecified atom stereocenters. The predicted octanol–water partition coefficient (Wildman–Crippen LogP) is 2.88. The molecule has 1 saturated heterocycles. The van der Waals surface area contributed by atoms with E-state index in [9.17, 15) is 4.39 Å². The molecule has 0 spiro atoms. The van der Waals surface area contributed by atoms with E-state index in [4.69, 9.17) is 0 Å². The molecule has 21 heavy (non-hydrogen) atoms. The number of nitrogens with zero attached hydrogens (tertiary/aromatic N) is 4. The second kappa shape index (κ2) is 5.26. The van der Waals surface area contributed by atoms with Gasteiger partial charge in [0.15, 0.2) is 0 Å². The molecule has 0 bridgehead atoms. The Hall–Kier alpha value is -1.69. The van der Waals surface area contributed by atoms with Crippen LogP contribution in [0.2, 0.25) is 0 Å². The Morgan fingerprint density at radius 1 is 1.00 bits per heavy atom. The zero-order chi connectivity index (χ0) is 14.2. The van der Waals surface area contributed by atoms with Crippen LogP contribution in [-0.2, 0) is 0 Å². The van der Waals surface area contributed by atoms with Gasteiger partial charge in [0, 0.05) is 32.1 Å². The molecule has 2 fully saturated rings. The zero-order valence-corrected chi connectivity index (χ0v) is 12.5. The van der Waals surface area contributed by atoms with Crippen LogP contribution >= 0.6 is 11.3 Å². The molecule has 0 atom stereocenters. The van der Waals surface area contributed by atoms with E-state index in [2.05, 4.69) is 20.0 Å². The summed E-state index contributed by atoms with van der Waals surface area (Å²) in [5, 5.41) is 10.8. The van der Waals surface area contributed by atoms with Crippen LogP contribution < -0.4 is 9.80 Å². The monoisotopic (exact) mass is 304 g/mol.